The first-order valence-corrected chi connectivity index (χ1v) is 8.13. The van der Waals surface area contributed by atoms with Gasteiger partial charge >= 0.3 is 0 Å². The number of carbonyl (C=O) groups is 1. The summed E-state index contributed by atoms with van der Waals surface area (Å²) in [7, 11) is 0. The van der Waals surface area contributed by atoms with E-state index in [4.69, 9.17) is 5.73 Å². The Morgan fingerprint density at radius 2 is 2.10 bits per heavy atom. The average molecular weight is 300 g/mol. The molecule has 0 spiro atoms. The summed E-state index contributed by atoms with van der Waals surface area (Å²) >= 11 is 1.52. The van der Waals surface area contributed by atoms with E-state index in [1.54, 1.807) is 0 Å². The number of rotatable bonds is 3. The van der Waals surface area contributed by atoms with Crippen molar-refractivity contribution in [1.82, 2.24) is 4.90 Å². The molecular formula is C17H20N2OS. The van der Waals surface area contributed by atoms with Gasteiger partial charge in [-0.25, -0.2) is 0 Å². The molecule has 2 aromatic rings. The van der Waals surface area contributed by atoms with Gasteiger partial charge in [0.25, 0.3) is 5.91 Å². The molecule has 0 radical (unpaired) electrons. The number of hydrogen-bond donors (Lipinski definition) is 1. The minimum Gasteiger partial charge on any atom is -0.337 e. The van der Waals surface area contributed by atoms with Crippen LogP contribution in [0.15, 0.2) is 41.8 Å². The van der Waals surface area contributed by atoms with E-state index in [0.717, 1.165) is 35.5 Å². The maximum absolute atomic E-state index is 12.8. The van der Waals surface area contributed by atoms with Crippen molar-refractivity contribution in [2.45, 2.75) is 13.3 Å². The number of nitrogens with two attached hydrogens (primary N) is 1. The van der Waals surface area contributed by atoms with Crippen LogP contribution in [0.3, 0.4) is 0 Å². The number of amides is 1. The van der Waals surface area contributed by atoms with Crippen LogP contribution < -0.4 is 5.73 Å². The van der Waals surface area contributed by atoms with Crippen LogP contribution in [0.25, 0.3) is 11.1 Å². The average Bonchev–Trinajstić information content (AvgIpc) is 3.15. The van der Waals surface area contributed by atoms with E-state index in [1.165, 1.54) is 11.3 Å². The van der Waals surface area contributed by atoms with Gasteiger partial charge < -0.3 is 10.6 Å². The van der Waals surface area contributed by atoms with E-state index in [0.29, 0.717) is 6.54 Å². The Kier molecular flexibility index (Phi) is 3.83. The van der Waals surface area contributed by atoms with Gasteiger partial charge in [0, 0.05) is 18.7 Å². The molecule has 1 aliphatic rings. The molecule has 2 N–H and O–H groups in total. The van der Waals surface area contributed by atoms with Crippen molar-refractivity contribution in [3.8, 4) is 11.1 Å². The summed E-state index contributed by atoms with van der Waals surface area (Å²) < 4.78 is 0. The molecule has 0 bridgehead atoms. The molecule has 0 aliphatic carbocycles. The Balaban J connectivity index is 1.86. The summed E-state index contributed by atoms with van der Waals surface area (Å²) in [5.41, 5.74) is 8.04. The van der Waals surface area contributed by atoms with Gasteiger partial charge in [-0.1, -0.05) is 37.3 Å². The van der Waals surface area contributed by atoms with Gasteiger partial charge in [0.2, 0.25) is 0 Å². The standard InChI is InChI=1S/C17H20N2OS/c1-17(11-18)8-9-19(12-17)16(20)15-14(7-10-21-15)13-5-3-2-4-6-13/h2-7,10H,8-9,11-12,18H2,1H3. The largest absolute Gasteiger partial charge is 0.337 e. The molecule has 1 fully saturated rings. The van der Waals surface area contributed by atoms with Crippen LogP contribution in [-0.2, 0) is 0 Å². The highest BCUT2D eigenvalue weighted by Crippen LogP contribution is 2.33. The predicted molar refractivity (Wildman–Crippen MR) is 87.4 cm³/mol. The van der Waals surface area contributed by atoms with Gasteiger partial charge in [-0.2, -0.15) is 0 Å². The molecule has 3 rings (SSSR count). The highest BCUT2D eigenvalue weighted by atomic mass is 32.1. The number of carbonyl (C=O) groups excluding carboxylic acids is 1. The normalized spacial score (nSPS) is 21.7. The fraction of sp³-hybridized carbons (Fsp3) is 0.353. The zero-order valence-corrected chi connectivity index (χ0v) is 13.0. The van der Waals surface area contributed by atoms with Crippen LogP contribution >= 0.6 is 11.3 Å². The lowest BCUT2D eigenvalue weighted by Crippen LogP contribution is -2.34. The number of likely N-dealkylation sites (tertiary alicyclic amines) is 1. The third-order valence-corrected chi connectivity index (χ3v) is 5.18. The molecule has 1 amide bonds. The van der Waals surface area contributed by atoms with Crippen molar-refractivity contribution >= 4 is 17.2 Å². The van der Waals surface area contributed by atoms with Crippen LogP contribution in [0.1, 0.15) is 23.0 Å². The fourth-order valence-electron chi connectivity index (χ4n) is 2.83. The molecule has 1 aliphatic heterocycles. The minimum atomic E-state index is 0.0693. The molecule has 1 aromatic heterocycles. The first kappa shape index (κ1) is 14.3. The molecule has 1 saturated heterocycles. The predicted octanol–water partition coefficient (Wildman–Crippen LogP) is 3.23. The SMILES string of the molecule is CC1(CN)CCN(C(=O)c2sccc2-c2ccccc2)C1. The Bertz CT molecular complexity index is 637. The van der Waals surface area contributed by atoms with Crippen LogP contribution in [0.2, 0.25) is 0 Å². The summed E-state index contributed by atoms with van der Waals surface area (Å²) in [6.45, 7) is 4.35. The minimum absolute atomic E-state index is 0.0693. The summed E-state index contributed by atoms with van der Waals surface area (Å²) in [5, 5.41) is 1.99. The third kappa shape index (κ3) is 2.74. The molecule has 21 heavy (non-hydrogen) atoms. The maximum atomic E-state index is 12.8. The van der Waals surface area contributed by atoms with E-state index >= 15 is 0 Å². The second-order valence-electron chi connectivity index (χ2n) is 6.02. The van der Waals surface area contributed by atoms with E-state index in [9.17, 15) is 4.79 Å². The zero-order chi connectivity index (χ0) is 14.9. The summed E-state index contributed by atoms with van der Waals surface area (Å²) in [6, 6.07) is 12.1. The highest BCUT2D eigenvalue weighted by molar-refractivity contribution is 7.12. The van der Waals surface area contributed by atoms with Crippen molar-refractivity contribution in [2.24, 2.45) is 11.1 Å². The van der Waals surface area contributed by atoms with Gasteiger partial charge in [0.05, 0.1) is 4.88 Å². The Morgan fingerprint density at radius 3 is 2.76 bits per heavy atom. The van der Waals surface area contributed by atoms with Crippen molar-refractivity contribution in [1.29, 1.82) is 0 Å². The number of nitrogens with zero attached hydrogens (tertiary/aromatic N) is 1. The summed E-state index contributed by atoms with van der Waals surface area (Å²) in [4.78, 5) is 15.6. The fourth-order valence-corrected chi connectivity index (χ4v) is 3.71. The lowest BCUT2D eigenvalue weighted by Gasteiger charge is -2.22. The number of thiophene rings is 1. The molecule has 4 heteroatoms. The summed E-state index contributed by atoms with van der Waals surface area (Å²) in [6.07, 6.45) is 0.987. The van der Waals surface area contributed by atoms with Gasteiger partial charge in [-0.3, -0.25) is 4.79 Å². The van der Waals surface area contributed by atoms with Crippen LogP contribution in [0, 0.1) is 5.41 Å². The molecular weight excluding hydrogens is 280 g/mol. The summed E-state index contributed by atoms with van der Waals surface area (Å²) in [5.74, 6) is 0.140. The van der Waals surface area contributed by atoms with E-state index in [2.05, 4.69) is 6.92 Å². The highest BCUT2D eigenvalue weighted by Gasteiger charge is 2.36. The Labute approximate surface area is 129 Å². The molecule has 1 aromatic carbocycles. The topological polar surface area (TPSA) is 46.3 Å². The van der Waals surface area contributed by atoms with Crippen molar-refractivity contribution in [2.75, 3.05) is 19.6 Å². The Morgan fingerprint density at radius 1 is 1.33 bits per heavy atom. The molecule has 1 atom stereocenters. The van der Waals surface area contributed by atoms with Crippen LogP contribution in [0.4, 0.5) is 0 Å². The first-order valence-electron chi connectivity index (χ1n) is 7.25. The lowest BCUT2D eigenvalue weighted by atomic mass is 9.90. The number of hydrogen-bond acceptors (Lipinski definition) is 3. The van der Waals surface area contributed by atoms with Gasteiger partial charge in [0.15, 0.2) is 0 Å². The second kappa shape index (κ2) is 5.62. The van der Waals surface area contributed by atoms with Crippen molar-refractivity contribution in [3.63, 3.8) is 0 Å². The monoisotopic (exact) mass is 300 g/mol. The quantitative estimate of drug-likeness (QED) is 0.946. The van der Waals surface area contributed by atoms with Gasteiger partial charge in [-0.15, -0.1) is 11.3 Å². The van der Waals surface area contributed by atoms with Gasteiger partial charge in [0.1, 0.15) is 0 Å². The molecule has 110 valence electrons. The van der Waals surface area contributed by atoms with Crippen molar-refractivity contribution in [3.05, 3.63) is 46.7 Å². The molecule has 0 saturated carbocycles. The van der Waals surface area contributed by atoms with Gasteiger partial charge in [-0.05, 0) is 35.4 Å². The van der Waals surface area contributed by atoms with E-state index in [-0.39, 0.29) is 11.3 Å². The van der Waals surface area contributed by atoms with E-state index < -0.39 is 0 Å². The maximum Gasteiger partial charge on any atom is 0.264 e. The first-order chi connectivity index (χ1) is 10.1. The Hall–Kier alpha value is -1.65. The second-order valence-corrected chi connectivity index (χ2v) is 6.94. The van der Waals surface area contributed by atoms with Crippen LogP contribution in [0.5, 0.6) is 0 Å². The molecule has 2 heterocycles. The molecule has 3 nitrogen and oxygen atoms in total. The van der Waals surface area contributed by atoms with E-state index in [1.807, 2.05) is 46.7 Å². The molecule has 1 unspecified atom stereocenters. The lowest BCUT2D eigenvalue weighted by molar-refractivity contribution is 0.0782. The van der Waals surface area contributed by atoms with Crippen LogP contribution in [-0.4, -0.2) is 30.4 Å². The number of benzene rings is 1. The third-order valence-electron chi connectivity index (χ3n) is 4.28. The zero-order valence-electron chi connectivity index (χ0n) is 12.2. The van der Waals surface area contributed by atoms with Crippen molar-refractivity contribution < 1.29 is 4.79 Å². The smallest absolute Gasteiger partial charge is 0.264 e.